The minimum atomic E-state index is 0.0141. The van der Waals surface area contributed by atoms with Crippen LogP contribution in [0, 0.1) is 0 Å². The van der Waals surface area contributed by atoms with Gasteiger partial charge in [0.25, 0.3) is 5.91 Å². The van der Waals surface area contributed by atoms with Crippen molar-refractivity contribution in [2.24, 2.45) is 4.99 Å². The van der Waals surface area contributed by atoms with Crippen LogP contribution >= 0.6 is 11.8 Å². The normalized spacial score (nSPS) is 14.4. The third kappa shape index (κ3) is 3.29. The highest BCUT2D eigenvalue weighted by atomic mass is 32.2. The maximum absolute atomic E-state index is 12.4. The summed E-state index contributed by atoms with van der Waals surface area (Å²) in [7, 11) is 0. The smallest absolute Gasteiger partial charge is 0.259 e. The van der Waals surface area contributed by atoms with Gasteiger partial charge in [0.1, 0.15) is 5.75 Å². The van der Waals surface area contributed by atoms with Gasteiger partial charge in [-0.15, -0.1) is 0 Å². The zero-order valence-electron chi connectivity index (χ0n) is 11.3. The Morgan fingerprint density at radius 3 is 2.74 bits per heavy atom. The van der Waals surface area contributed by atoms with Crippen LogP contribution in [0.2, 0.25) is 0 Å². The summed E-state index contributed by atoms with van der Waals surface area (Å²) in [5.74, 6) is 1.73. The predicted octanol–water partition coefficient (Wildman–Crippen LogP) is 2.65. The average Bonchev–Trinajstić information content (AvgIpc) is 2.88. The van der Waals surface area contributed by atoms with Crippen molar-refractivity contribution in [3.05, 3.63) is 29.8 Å². The first-order valence-corrected chi connectivity index (χ1v) is 7.46. The molecule has 5 heteroatoms. The van der Waals surface area contributed by atoms with Crippen LogP contribution < -0.4 is 4.74 Å². The molecule has 1 amide bonds. The van der Waals surface area contributed by atoms with E-state index in [4.69, 9.17) is 4.74 Å². The minimum Gasteiger partial charge on any atom is -0.494 e. The Kier molecular flexibility index (Phi) is 4.85. The van der Waals surface area contributed by atoms with Crippen LogP contribution in [0.4, 0.5) is 0 Å². The second-order valence-corrected chi connectivity index (χ2v) is 5.24. The number of benzene rings is 1. The van der Waals surface area contributed by atoms with Crippen molar-refractivity contribution >= 4 is 22.8 Å². The fourth-order valence-corrected chi connectivity index (χ4v) is 2.65. The van der Waals surface area contributed by atoms with E-state index in [0.29, 0.717) is 25.3 Å². The molecule has 1 aromatic rings. The van der Waals surface area contributed by atoms with E-state index in [1.54, 1.807) is 28.8 Å². The number of amidine groups is 1. The molecule has 1 aliphatic heterocycles. The molecule has 102 valence electrons. The SMILES string of the molecule is CCOc1ccc(C(=O)N2CCN=C2SCC)cc1. The van der Waals surface area contributed by atoms with E-state index in [1.165, 1.54) is 0 Å². The van der Waals surface area contributed by atoms with E-state index in [0.717, 1.165) is 16.7 Å². The molecule has 0 aliphatic carbocycles. The number of aliphatic imine (C=N–C) groups is 1. The van der Waals surface area contributed by atoms with Crippen molar-refractivity contribution in [2.45, 2.75) is 13.8 Å². The van der Waals surface area contributed by atoms with Gasteiger partial charge in [0, 0.05) is 12.1 Å². The summed E-state index contributed by atoms with van der Waals surface area (Å²) in [5.41, 5.74) is 0.676. The number of carbonyl (C=O) groups excluding carboxylic acids is 1. The van der Waals surface area contributed by atoms with E-state index < -0.39 is 0 Å². The molecule has 0 spiro atoms. The predicted molar refractivity (Wildman–Crippen MR) is 79.1 cm³/mol. The number of thioether (sulfide) groups is 1. The highest BCUT2D eigenvalue weighted by Gasteiger charge is 2.24. The molecule has 0 N–H and O–H groups in total. The Morgan fingerprint density at radius 1 is 1.37 bits per heavy atom. The number of amides is 1. The van der Waals surface area contributed by atoms with Crippen molar-refractivity contribution in [3.8, 4) is 5.75 Å². The van der Waals surface area contributed by atoms with E-state index in [9.17, 15) is 4.79 Å². The minimum absolute atomic E-state index is 0.0141. The molecule has 0 bridgehead atoms. The van der Waals surface area contributed by atoms with Gasteiger partial charge in [0.15, 0.2) is 5.17 Å². The Morgan fingerprint density at radius 2 is 2.11 bits per heavy atom. The fraction of sp³-hybridized carbons (Fsp3) is 0.429. The van der Waals surface area contributed by atoms with E-state index >= 15 is 0 Å². The largest absolute Gasteiger partial charge is 0.494 e. The van der Waals surface area contributed by atoms with Crippen LogP contribution in [0.15, 0.2) is 29.3 Å². The van der Waals surface area contributed by atoms with Crippen LogP contribution in [-0.2, 0) is 0 Å². The number of hydrogen-bond acceptors (Lipinski definition) is 4. The maximum Gasteiger partial charge on any atom is 0.259 e. The zero-order chi connectivity index (χ0) is 13.7. The summed E-state index contributed by atoms with van der Waals surface area (Å²) in [5, 5.41) is 0.835. The first kappa shape index (κ1) is 13.9. The Labute approximate surface area is 117 Å². The Bertz CT molecular complexity index is 471. The third-order valence-electron chi connectivity index (χ3n) is 2.73. The summed E-state index contributed by atoms with van der Waals surface area (Å²) in [6.07, 6.45) is 0. The van der Waals surface area contributed by atoms with E-state index in [2.05, 4.69) is 11.9 Å². The first-order chi connectivity index (χ1) is 9.26. The van der Waals surface area contributed by atoms with Gasteiger partial charge in [0.05, 0.1) is 13.2 Å². The average molecular weight is 278 g/mol. The van der Waals surface area contributed by atoms with Gasteiger partial charge in [-0.2, -0.15) is 0 Å². The lowest BCUT2D eigenvalue weighted by molar-refractivity contribution is 0.0860. The zero-order valence-corrected chi connectivity index (χ0v) is 12.1. The highest BCUT2D eigenvalue weighted by Crippen LogP contribution is 2.19. The second kappa shape index (κ2) is 6.61. The van der Waals surface area contributed by atoms with Gasteiger partial charge < -0.3 is 4.74 Å². The summed E-state index contributed by atoms with van der Waals surface area (Å²) in [6, 6.07) is 7.27. The highest BCUT2D eigenvalue weighted by molar-refractivity contribution is 8.13. The lowest BCUT2D eigenvalue weighted by atomic mass is 10.2. The molecule has 1 aliphatic rings. The Hall–Kier alpha value is -1.49. The van der Waals surface area contributed by atoms with Crippen LogP contribution in [-0.4, -0.2) is 41.4 Å². The van der Waals surface area contributed by atoms with Gasteiger partial charge in [0.2, 0.25) is 0 Å². The summed E-state index contributed by atoms with van der Waals surface area (Å²) < 4.78 is 5.37. The van der Waals surface area contributed by atoms with E-state index in [-0.39, 0.29) is 5.91 Å². The van der Waals surface area contributed by atoms with Crippen molar-refractivity contribution in [1.29, 1.82) is 0 Å². The number of rotatable bonds is 4. The third-order valence-corrected chi connectivity index (χ3v) is 3.63. The molecule has 0 atom stereocenters. The van der Waals surface area contributed by atoms with Crippen molar-refractivity contribution in [2.75, 3.05) is 25.4 Å². The van der Waals surface area contributed by atoms with Crippen molar-refractivity contribution in [1.82, 2.24) is 4.90 Å². The molecule has 0 fully saturated rings. The van der Waals surface area contributed by atoms with Gasteiger partial charge in [-0.1, -0.05) is 18.7 Å². The second-order valence-electron chi connectivity index (χ2n) is 4.01. The molecule has 1 aromatic carbocycles. The molecule has 0 saturated heterocycles. The summed E-state index contributed by atoms with van der Waals surface area (Å²) in [6.45, 7) is 6.00. The van der Waals surface area contributed by atoms with Gasteiger partial charge in [-0.3, -0.25) is 14.7 Å². The van der Waals surface area contributed by atoms with Gasteiger partial charge in [-0.25, -0.2) is 0 Å². The quantitative estimate of drug-likeness (QED) is 0.850. The standard InChI is InChI=1S/C14H18N2O2S/c1-3-18-12-7-5-11(6-8-12)13(17)16-10-9-15-14(16)19-4-2/h5-8H,3-4,9-10H2,1-2H3. The molecule has 2 rings (SSSR count). The molecular formula is C14H18N2O2S. The summed E-state index contributed by atoms with van der Waals surface area (Å²) >= 11 is 1.61. The van der Waals surface area contributed by atoms with Crippen LogP contribution in [0.3, 0.4) is 0 Å². The molecule has 1 heterocycles. The molecule has 0 saturated carbocycles. The number of hydrogen-bond donors (Lipinski definition) is 0. The van der Waals surface area contributed by atoms with Crippen molar-refractivity contribution < 1.29 is 9.53 Å². The molecule has 0 unspecified atom stereocenters. The lowest BCUT2D eigenvalue weighted by Crippen LogP contribution is -2.32. The van der Waals surface area contributed by atoms with Crippen LogP contribution in [0.1, 0.15) is 24.2 Å². The maximum atomic E-state index is 12.4. The van der Waals surface area contributed by atoms with E-state index in [1.807, 2.05) is 19.1 Å². The molecule has 4 nitrogen and oxygen atoms in total. The molecule has 19 heavy (non-hydrogen) atoms. The first-order valence-electron chi connectivity index (χ1n) is 6.48. The van der Waals surface area contributed by atoms with Gasteiger partial charge >= 0.3 is 0 Å². The molecule has 0 radical (unpaired) electrons. The van der Waals surface area contributed by atoms with Crippen molar-refractivity contribution in [3.63, 3.8) is 0 Å². The molecular weight excluding hydrogens is 260 g/mol. The Balaban J connectivity index is 2.09. The van der Waals surface area contributed by atoms with Gasteiger partial charge in [-0.05, 0) is 36.9 Å². The topological polar surface area (TPSA) is 41.9 Å². The number of ether oxygens (including phenoxy) is 1. The van der Waals surface area contributed by atoms with Crippen LogP contribution in [0.5, 0.6) is 5.75 Å². The summed E-state index contributed by atoms with van der Waals surface area (Å²) in [4.78, 5) is 18.5. The monoisotopic (exact) mass is 278 g/mol. The lowest BCUT2D eigenvalue weighted by Gasteiger charge is -2.17. The fourth-order valence-electron chi connectivity index (χ4n) is 1.88. The van der Waals surface area contributed by atoms with Crippen LogP contribution in [0.25, 0.3) is 0 Å². The number of carbonyl (C=O) groups is 1. The molecule has 0 aromatic heterocycles. The number of nitrogens with zero attached hydrogens (tertiary/aromatic N) is 2.